The number of carbonyl (C=O) groups excluding carboxylic acids is 1. The van der Waals surface area contributed by atoms with E-state index in [9.17, 15) is 4.79 Å². The number of hydrogen-bond donors (Lipinski definition) is 2. The highest BCUT2D eigenvalue weighted by molar-refractivity contribution is 7.80. The Bertz CT molecular complexity index is 435. The van der Waals surface area contributed by atoms with Gasteiger partial charge >= 0.3 is 0 Å². The molecule has 96 valence electrons. The van der Waals surface area contributed by atoms with Gasteiger partial charge in [-0.1, -0.05) is 18.2 Å². The molecule has 3 N–H and O–H groups in total. The van der Waals surface area contributed by atoms with Crippen LogP contribution in [0, 0.1) is 0 Å². The maximum Gasteiger partial charge on any atom is 0.255 e. The molecule has 0 bridgehead atoms. The van der Waals surface area contributed by atoms with Crippen LogP contribution in [0.3, 0.4) is 0 Å². The van der Waals surface area contributed by atoms with Gasteiger partial charge in [0.25, 0.3) is 5.91 Å². The summed E-state index contributed by atoms with van der Waals surface area (Å²) in [6.07, 6.45) is 2.65. The van der Waals surface area contributed by atoms with Crippen molar-refractivity contribution in [3.05, 3.63) is 30.3 Å². The minimum atomic E-state index is -0.204. The zero-order valence-corrected chi connectivity index (χ0v) is 11.0. The number of amides is 1. The summed E-state index contributed by atoms with van der Waals surface area (Å²) in [5, 5.41) is 3.57. The van der Waals surface area contributed by atoms with E-state index in [2.05, 4.69) is 5.32 Å². The van der Waals surface area contributed by atoms with Crippen LogP contribution >= 0.6 is 12.2 Å². The second-order valence-corrected chi connectivity index (χ2v) is 4.68. The van der Waals surface area contributed by atoms with Crippen LogP contribution in [-0.4, -0.2) is 23.6 Å². The van der Waals surface area contributed by atoms with Crippen LogP contribution in [0.25, 0.3) is 0 Å². The van der Waals surface area contributed by atoms with Gasteiger partial charge in [-0.05, 0) is 50.2 Å². The first-order valence-electron chi connectivity index (χ1n) is 6.13. The number of para-hydroxylation sites is 1. The summed E-state index contributed by atoms with van der Waals surface area (Å²) in [4.78, 5) is 13.8. The topological polar surface area (TPSA) is 58.4 Å². The van der Waals surface area contributed by atoms with Crippen molar-refractivity contribution in [2.75, 3.05) is 11.4 Å². The van der Waals surface area contributed by atoms with Gasteiger partial charge in [-0.15, -0.1) is 0 Å². The Morgan fingerprint density at radius 3 is 2.67 bits per heavy atom. The highest BCUT2D eigenvalue weighted by Gasteiger charge is 2.35. The first kappa shape index (κ1) is 13.0. The van der Waals surface area contributed by atoms with Crippen LogP contribution in [0.1, 0.15) is 19.3 Å². The predicted molar refractivity (Wildman–Crippen MR) is 76.4 cm³/mol. The summed E-state index contributed by atoms with van der Waals surface area (Å²) in [5.74, 6) is 0.0308. The molecule has 1 aromatic rings. The van der Waals surface area contributed by atoms with E-state index in [1.54, 1.807) is 4.90 Å². The smallest absolute Gasteiger partial charge is 0.255 e. The average molecular weight is 263 g/mol. The van der Waals surface area contributed by atoms with E-state index in [1.807, 2.05) is 30.3 Å². The van der Waals surface area contributed by atoms with Crippen LogP contribution in [-0.2, 0) is 4.79 Å². The number of unbranched alkanes of at least 4 members (excludes halogenated alkanes) is 1. The maximum absolute atomic E-state index is 12.3. The lowest BCUT2D eigenvalue weighted by Crippen LogP contribution is -2.31. The zero-order valence-electron chi connectivity index (χ0n) is 10.1. The van der Waals surface area contributed by atoms with Gasteiger partial charge in [0.1, 0.15) is 6.04 Å². The van der Waals surface area contributed by atoms with Crippen molar-refractivity contribution in [2.45, 2.75) is 25.3 Å². The minimum Gasteiger partial charge on any atom is -0.350 e. The molecule has 1 amide bonds. The number of anilines is 1. The molecule has 1 saturated heterocycles. The lowest BCUT2D eigenvalue weighted by atomic mass is 10.1. The molecule has 1 fully saturated rings. The predicted octanol–water partition coefficient (Wildman–Crippen LogP) is 1.41. The summed E-state index contributed by atoms with van der Waals surface area (Å²) in [7, 11) is 0. The Labute approximate surface area is 112 Å². The van der Waals surface area contributed by atoms with E-state index in [4.69, 9.17) is 18.0 Å². The molecule has 4 nitrogen and oxygen atoms in total. The number of nitrogens with two attached hydrogens (primary N) is 1. The fourth-order valence-electron chi connectivity index (χ4n) is 2.04. The summed E-state index contributed by atoms with van der Waals surface area (Å²) in [5.41, 5.74) is 6.27. The van der Waals surface area contributed by atoms with Gasteiger partial charge in [0.15, 0.2) is 5.11 Å². The van der Waals surface area contributed by atoms with Gasteiger partial charge in [-0.3, -0.25) is 9.69 Å². The molecule has 5 heteroatoms. The van der Waals surface area contributed by atoms with Crippen LogP contribution < -0.4 is 16.0 Å². The van der Waals surface area contributed by atoms with Crippen molar-refractivity contribution in [3.8, 4) is 0 Å². The molecule has 0 aromatic heterocycles. The number of rotatable bonds is 5. The lowest BCUT2D eigenvalue weighted by molar-refractivity contribution is -0.118. The quantitative estimate of drug-likeness (QED) is 0.623. The molecule has 18 heavy (non-hydrogen) atoms. The molecule has 0 saturated carbocycles. The Kier molecular flexibility index (Phi) is 4.28. The Morgan fingerprint density at radius 2 is 2.00 bits per heavy atom. The van der Waals surface area contributed by atoms with Gasteiger partial charge in [0, 0.05) is 0 Å². The Balaban J connectivity index is 2.06. The molecule has 2 rings (SSSR count). The van der Waals surface area contributed by atoms with E-state index in [0.717, 1.165) is 24.9 Å². The molecule has 1 heterocycles. The molecule has 1 unspecified atom stereocenters. The molecule has 1 aliphatic rings. The van der Waals surface area contributed by atoms with E-state index >= 15 is 0 Å². The molecule has 0 radical (unpaired) electrons. The monoisotopic (exact) mass is 263 g/mol. The van der Waals surface area contributed by atoms with Crippen molar-refractivity contribution >= 4 is 28.9 Å². The minimum absolute atomic E-state index is 0.0308. The van der Waals surface area contributed by atoms with Crippen molar-refractivity contribution < 1.29 is 4.79 Å². The Morgan fingerprint density at radius 1 is 1.28 bits per heavy atom. The summed E-state index contributed by atoms with van der Waals surface area (Å²) in [6, 6.07) is 9.27. The maximum atomic E-state index is 12.3. The first-order chi connectivity index (χ1) is 8.74. The standard InChI is InChI=1S/C13H17N3OS/c14-9-5-4-8-11-12(17)16(13(18)15-11)10-6-2-1-3-7-10/h1-3,6-7,11H,4-5,8-9,14H2,(H,15,18). The fraction of sp³-hybridized carbons (Fsp3) is 0.385. The van der Waals surface area contributed by atoms with E-state index in [0.29, 0.717) is 11.7 Å². The Hall–Kier alpha value is -1.46. The van der Waals surface area contributed by atoms with E-state index < -0.39 is 0 Å². The van der Waals surface area contributed by atoms with Gasteiger partial charge in [0.2, 0.25) is 0 Å². The number of nitrogens with one attached hydrogen (secondary N) is 1. The van der Waals surface area contributed by atoms with Gasteiger partial charge < -0.3 is 11.1 Å². The number of thiocarbonyl (C=S) groups is 1. The summed E-state index contributed by atoms with van der Waals surface area (Å²) in [6.45, 7) is 0.660. The second-order valence-electron chi connectivity index (χ2n) is 4.30. The zero-order chi connectivity index (χ0) is 13.0. The van der Waals surface area contributed by atoms with Gasteiger partial charge in [0.05, 0.1) is 5.69 Å². The van der Waals surface area contributed by atoms with Gasteiger partial charge in [-0.25, -0.2) is 0 Å². The molecule has 0 spiro atoms. The molecule has 1 atom stereocenters. The fourth-order valence-corrected chi connectivity index (χ4v) is 2.38. The number of carbonyl (C=O) groups is 1. The van der Waals surface area contributed by atoms with Crippen molar-refractivity contribution in [2.24, 2.45) is 5.73 Å². The lowest BCUT2D eigenvalue weighted by Gasteiger charge is -2.14. The van der Waals surface area contributed by atoms with Crippen LogP contribution in [0.5, 0.6) is 0 Å². The number of hydrogen-bond acceptors (Lipinski definition) is 3. The molecular formula is C13H17N3OS. The number of nitrogens with zero attached hydrogens (tertiary/aromatic N) is 1. The van der Waals surface area contributed by atoms with Crippen LogP contribution in [0.4, 0.5) is 5.69 Å². The SMILES string of the molecule is NCCCCC1NC(=S)N(c2ccccc2)C1=O. The van der Waals surface area contributed by atoms with Gasteiger partial charge in [-0.2, -0.15) is 0 Å². The third-order valence-corrected chi connectivity index (χ3v) is 3.28. The summed E-state index contributed by atoms with van der Waals surface area (Å²) < 4.78 is 0. The molecule has 1 aromatic carbocycles. The van der Waals surface area contributed by atoms with Crippen molar-refractivity contribution in [1.82, 2.24) is 5.32 Å². The van der Waals surface area contributed by atoms with E-state index in [-0.39, 0.29) is 11.9 Å². The third kappa shape index (κ3) is 2.68. The third-order valence-electron chi connectivity index (χ3n) is 2.98. The average Bonchev–Trinajstić information content (AvgIpc) is 2.66. The second kappa shape index (κ2) is 5.93. The molecular weight excluding hydrogens is 246 g/mol. The first-order valence-corrected chi connectivity index (χ1v) is 6.54. The van der Waals surface area contributed by atoms with Crippen molar-refractivity contribution in [1.29, 1.82) is 0 Å². The highest BCUT2D eigenvalue weighted by atomic mass is 32.1. The highest BCUT2D eigenvalue weighted by Crippen LogP contribution is 2.20. The number of benzene rings is 1. The largest absolute Gasteiger partial charge is 0.350 e. The van der Waals surface area contributed by atoms with E-state index in [1.165, 1.54) is 0 Å². The van der Waals surface area contributed by atoms with Crippen LogP contribution in [0.2, 0.25) is 0 Å². The molecule has 0 aliphatic carbocycles. The molecule has 1 aliphatic heterocycles. The normalized spacial score (nSPS) is 19.2. The summed E-state index contributed by atoms with van der Waals surface area (Å²) >= 11 is 5.22. The van der Waals surface area contributed by atoms with Crippen LogP contribution in [0.15, 0.2) is 30.3 Å². The van der Waals surface area contributed by atoms with Crippen molar-refractivity contribution in [3.63, 3.8) is 0 Å².